The van der Waals surface area contributed by atoms with Crippen LogP contribution >= 0.6 is 0 Å². The first kappa shape index (κ1) is 21.9. The van der Waals surface area contributed by atoms with Crippen molar-refractivity contribution in [2.75, 3.05) is 49.5 Å². The summed E-state index contributed by atoms with van der Waals surface area (Å²) < 4.78 is 28.9. The van der Waals surface area contributed by atoms with Crippen LogP contribution in [0.5, 0.6) is 0 Å². The molecule has 2 saturated heterocycles. The highest BCUT2D eigenvalue weighted by atomic mass is 32.2. The average Bonchev–Trinajstić information content (AvgIpc) is 3.42. The summed E-state index contributed by atoms with van der Waals surface area (Å²) in [4.78, 5) is 20.0. The number of amides is 1. The zero-order chi connectivity index (χ0) is 23.0. The topological polar surface area (TPSA) is 85.3 Å². The fourth-order valence-electron chi connectivity index (χ4n) is 4.89. The van der Waals surface area contributed by atoms with E-state index in [0.29, 0.717) is 24.4 Å². The van der Waals surface area contributed by atoms with Crippen molar-refractivity contribution >= 4 is 33.1 Å². The molecule has 3 aliphatic rings. The lowest BCUT2D eigenvalue weighted by Crippen LogP contribution is -2.46. The zero-order valence-electron chi connectivity index (χ0n) is 18.8. The van der Waals surface area contributed by atoms with Crippen LogP contribution in [0.25, 0.3) is 0 Å². The van der Waals surface area contributed by atoms with Crippen LogP contribution in [0.15, 0.2) is 57.8 Å². The van der Waals surface area contributed by atoms with Crippen molar-refractivity contribution in [3.05, 3.63) is 54.1 Å². The van der Waals surface area contributed by atoms with Gasteiger partial charge in [0.05, 0.1) is 0 Å². The third-order valence-corrected chi connectivity index (χ3v) is 8.08. The van der Waals surface area contributed by atoms with E-state index in [1.165, 1.54) is 0 Å². The van der Waals surface area contributed by atoms with Gasteiger partial charge in [-0.25, -0.2) is 0 Å². The molecule has 0 bridgehead atoms. The summed E-state index contributed by atoms with van der Waals surface area (Å²) in [6.07, 6.45) is 1.47. The third kappa shape index (κ3) is 4.22. The number of nitrogens with zero attached hydrogens (tertiary/aromatic N) is 4. The minimum absolute atomic E-state index is 0.138. The lowest BCUT2D eigenvalue weighted by Gasteiger charge is -2.35. The maximum atomic E-state index is 13.1. The van der Waals surface area contributed by atoms with Gasteiger partial charge in [-0.2, -0.15) is 8.42 Å². The molecule has 1 unspecified atom stereocenters. The number of anilines is 2. The van der Waals surface area contributed by atoms with E-state index in [9.17, 15) is 13.2 Å². The molecule has 3 aliphatic heterocycles. The van der Waals surface area contributed by atoms with Crippen LogP contribution in [0.4, 0.5) is 11.4 Å². The minimum atomic E-state index is -3.71. The highest BCUT2D eigenvalue weighted by molar-refractivity contribution is 7.90. The second-order valence-corrected chi connectivity index (χ2v) is 10.3. The van der Waals surface area contributed by atoms with Gasteiger partial charge >= 0.3 is 0 Å². The van der Waals surface area contributed by atoms with Crippen molar-refractivity contribution in [2.24, 2.45) is 4.40 Å². The minimum Gasteiger partial charge on any atom is -0.369 e. The van der Waals surface area contributed by atoms with Crippen LogP contribution in [0.2, 0.25) is 0 Å². The molecule has 1 N–H and O–H groups in total. The lowest BCUT2D eigenvalue weighted by molar-refractivity contribution is -0.119. The molecular weight excluding hydrogens is 438 g/mol. The molecule has 0 aromatic heterocycles. The summed E-state index contributed by atoms with van der Waals surface area (Å²) in [6, 6.07) is 14.3. The Hall–Kier alpha value is -2.91. The Balaban J connectivity index is 1.27. The third-order valence-electron chi connectivity index (χ3n) is 6.76. The summed E-state index contributed by atoms with van der Waals surface area (Å²) in [6.45, 7) is 8.01. The number of hydrogen-bond acceptors (Lipinski definition) is 6. The number of carbonyl (C=O) groups excluding carboxylic acids is 1. The van der Waals surface area contributed by atoms with Crippen molar-refractivity contribution in [3.63, 3.8) is 0 Å². The van der Waals surface area contributed by atoms with E-state index < -0.39 is 16.1 Å². The Kier molecular flexibility index (Phi) is 5.84. The van der Waals surface area contributed by atoms with E-state index in [1.54, 1.807) is 24.3 Å². The van der Waals surface area contributed by atoms with E-state index in [0.717, 1.165) is 50.5 Å². The summed E-state index contributed by atoms with van der Waals surface area (Å²) in [5.74, 6) is 0.242. The SMILES string of the molecule is CCN1CCN(c2ccc(NC(=O)C3CCCN3C3=NS(=O)(=O)c4ccccc43)cc2)CC1. The van der Waals surface area contributed by atoms with Crippen molar-refractivity contribution < 1.29 is 13.2 Å². The van der Waals surface area contributed by atoms with Gasteiger partial charge in [0.1, 0.15) is 10.9 Å². The summed E-state index contributed by atoms with van der Waals surface area (Å²) in [7, 11) is -3.71. The Morgan fingerprint density at radius 2 is 1.76 bits per heavy atom. The van der Waals surface area contributed by atoms with Gasteiger partial charge in [-0.15, -0.1) is 4.40 Å². The van der Waals surface area contributed by atoms with Crippen molar-refractivity contribution in [3.8, 4) is 0 Å². The second kappa shape index (κ2) is 8.79. The Bertz CT molecular complexity index is 1170. The van der Waals surface area contributed by atoms with Gasteiger partial charge < -0.3 is 20.0 Å². The molecule has 174 valence electrons. The fraction of sp³-hybridized carbons (Fsp3) is 0.417. The Labute approximate surface area is 194 Å². The molecule has 2 aromatic rings. The number of carbonyl (C=O) groups is 1. The highest BCUT2D eigenvalue weighted by Gasteiger charge is 2.39. The van der Waals surface area contributed by atoms with Gasteiger partial charge in [0.15, 0.2) is 5.84 Å². The quantitative estimate of drug-likeness (QED) is 0.743. The first-order valence-corrected chi connectivity index (χ1v) is 13.0. The van der Waals surface area contributed by atoms with E-state index in [4.69, 9.17) is 0 Å². The first-order chi connectivity index (χ1) is 16.0. The number of fused-ring (bicyclic) bond motifs is 1. The monoisotopic (exact) mass is 467 g/mol. The van der Waals surface area contributed by atoms with E-state index in [1.807, 2.05) is 29.2 Å². The van der Waals surface area contributed by atoms with Crippen molar-refractivity contribution in [1.29, 1.82) is 0 Å². The van der Waals surface area contributed by atoms with Gasteiger partial charge in [0, 0.05) is 49.7 Å². The van der Waals surface area contributed by atoms with Crippen LogP contribution in [0, 0.1) is 0 Å². The number of likely N-dealkylation sites (N-methyl/N-ethyl adjacent to an activating group) is 1. The van der Waals surface area contributed by atoms with Crippen LogP contribution in [-0.2, 0) is 14.8 Å². The molecule has 0 radical (unpaired) electrons. The molecule has 0 aliphatic carbocycles. The molecule has 8 nitrogen and oxygen atoms in total. The molecule has 1 amide bonds. The molecule has 2 fully saturated rings. The lowest BCUT2D eigenvalue weighted by atomic mass is 10.1. The summed E-state index contributed by atoms with van der Waals surface area (Å²) in [5.41, 5.74) is 2.47. The van der Waals surface area contributed by atoms with Crippen LogP contribution in [-0.4, -0.2) is 75.3 Å². The number of sulfonamides is 1. The zero-order valence-corrected chi connectivity index (χ0v) is 19.6. The number of nitrogens with one attached hydrogen (secondary N) is 1. The smallest absolute Gasteiger partial charge is 0.285 e. The standard InChI is InChI=1S/C24H29N5O3S/c1-2-27-14-16-28(17-15-27)19-11-9-18(10-12-19)25-24(30)21-7-5-13-29(21)23-20-6-3-4-8-22(20)33(31,32)26-23/h3-4,6,8-12,21H,2,5,7,13-17H2,1H3,(H,25,30). The number of piperazine rings is 1. The van der Waals surface area contributed by atoms with E-state index in [-0.39, 0.29) is 10.8 Å². The van der Waals surface area contributed by atoms with Crippen LogP contribution in [0.3, 0.4) is 0 Å². The van der Waals surface area contributed by atoms with Gasteiger partial charge in [-0.05, 0) is 55.8 Å². The number of amidine groups is 1. The predicted octanol–water partition coefficient (Wildman–Crippen LogP) is 2.38. The molecule has 2 aromatic carbocycles. The van der Waals surface area contributed by atoms with Gasteiger partial charge in [0.2, 0.25) is 5.91 Å². The van der Waals surface area contributed by atoms with Gasteiger partial charge in [-0.3, -0.25) is 4.79 Å². The maximum Gasteiger partial charge on any atom is 0.285 e. The molecule has 33 heavy (non-hydrogen) atoms. The number of likely N-dealkylation sites (tertiary alicyclic amines) is 1. The molecule has 1 atom stereocenters. The van der Waals surface area contributed by atoms with Crippen molar-refractivity contribution in [2.45, 2.75) is 30.7 Å². The molecule has 3 heterocycles. The molecular formula is C24H29N5O3S. The molecule has 5 rings (SSSR count). The maximum absolute atomic E-state index is 13.1. The van der Waals surface area contributed by atoms with Crippen LogP contribution < -0.4 is 10.2 Å². The summed E-state index contributed by atoms with van der Waals surface area (Å²) >= 11 is 0. The fourth-order valence-corrected chi connectivity index (χ4v) is 6.11. The first-order valence-electron chi connectivity index (χ1n) is 11.6. The molecule has 0 saturated carbocycles. The van der Waals surface area contributed by atoms with Gasteiger partial charge in [-0.1, -0.05) is 19.1 Å². The Morgan fingerprint density at radius 3 is 2.48 bits per heavy atom. The van der Waals surface area contributed by atoms with Crippen molar-refractivity contribution in [1.82, 2.24) is 9.80 Å². The molecule has 0 spiro atoms. The average molecular weight is 468 g/mol. The van der Waals surface area contributed by atoms with E-state index in [2.05, 4.69) is 26.4 Å². The number of benzene rings is 2. The second-order valence-electron chi connectivity index (χ2n) is 8.69. The normalized spacial score (nSPS) is 22.2. The number of rotatable bonds is 4. The number of hydrogen-bond donors (Lipinski definition) is 1. The van der Waals surface area contributed by atoms with E-state index >= 15 is 0 Å². The highest BCUT2D eigenvalue weighted by Crippen LogP contribution is 2.31. The molecule has 9 heteroatoms. The predicted molar refractivity (Wildman–Crippen MR) is 129 cm³/mol. The Morgan fingerprint density at radius 1 is 1.03 bits per heavy atom. The van der Waals surface area contributed by atoms with Crippen LogP contribution in [0.1, 0.15) is 25.3 Å². The summed E-state index contributed by atoms with van der Waals surface area (Å²) in [5, 5.41) is 3.02. The van der Waals surface area contributed by atoms with Gasteiger partial charge in [0.25, 0.3) is 10.0 Å². The largest absolute Gasteiger partial charge is 0.369 e.